The maximum atomic E-state index is 12.1. The van der Waals surface area contributed by atoms with Gasteiger partial charge in [0, 0.05) is 53.7 Å². The zero-order valence-corrected chi connectivity index (χ0v) is 25.2. The molecule has 0 radical (unpaired) electrons. The van der Waals surface area contributed by atoms with Crippen LogP contribution in [0.3, 0.4) is 0 Å². The van der Waals surface area contributed by atoms with E-state index in [0.29, 0.717) is 0 Å². The zero-order valence-electron chi connectivity index (χ0n) is 23.6. The van der Waals surface area contributed by atoms with Crippen LogP contribution in [-0.2, 0) is 0 Å². The average Bonchev–Trinajstić information content (AvgIpc) is 2.98. The van der Waals surface area contributed by atoms with Crippen molar-refractivity contribution in [3.63, 3.8) is 0 Å². The third-order valence-corrected chi connectivity index (χ3v) is 5.57. The van der Waals surface area contributed by atoms with Crippen molar-refractivity contribution in [1.29, 1.82) is 0 Å². The van der Waals surface area contributed by atoms with Crippen LogP contribution < -0.4 is 16.4 Å². The summed E-state index contributed by atoms with van der Waals surface area (Å²) in [6.45, 7) is 3.97. The fourth-order valence-corrected chi connectivity index (χ4v) is 3.30. The van der Waals surface area contributed by atoms with Crippen LogP contribution in [0.15, 0.2) is 109 Å². The minimum atomic E-state index is -0.570. The molecule has 5 aromatic rings. The topological polar surface area (TPSA) is 162 Å². The number of hydrogen-bond acceptors (Lipinski definition) is 9. The lowest BCUT2D eigenvalue weighted by atomic mass is 10.2. The zero-order chi connectivity index (χ0) is 30.5. The Labute approximate surface area is 265 Å². The Morgan fingerprint density at radius 3 is 1.36 bits per heavy atom. The van der Waals surface area contributed by atoms with E-state index in [2.05, 4.69) is 20.6 Å². The number of nitro groups is 2. The van der Waals surface area contributed by atoms with E-state index >= 15 is 0 Å². The fourth-order valence-electron chi connectivity index (χ4n) is 3.30. The molecular formula is C30H30Cl2FN7O4. The number of aryl methyl sites for hydroxylation is 2. The van der Waals surface area contributed by atoms with E-state index in [4.69, 9.17) is 5.73 Å². The molecule has 230 valence electrons. The van der Waals surface area contributed by atoms with E-state index in [1.165, 1.54) is 12.1 Å². The van der Waals surface area contributed by atoms with Gasteiger partial charge in [-0.1, -0.05) is 12.1 Å². The number of rotatable bonds is 6. The summed E-state index contributed by atoms with van der Waals surface area (Å²) >= 11 is 0. The van der Waals surface area contributed by atoms with Gasteiger partial charge in [0.2, 0.25) is 0 Å². The highest BCUT2D eigenvalue weighted by atomic mass is 35.5. The number of nitrogens with zero attached hydrogens (tertiary/aromatic N) is 4. The molecule has 14 heteroatoms. The molecule has 0 amide bonds. The first-order valence-corrected chi connectivity index (χ1v) is 12.5. The molecule has 0 bridgehead atoms. The highest BCUT2D eigenvalue weighted by Crippen LogP contribution is 2.21. The van der Waals surface area contributed by atoms with E-state index in [1.807, 2.05) is 62.4 Å². The lowest BCUT2D eigenvalue weighted by Gasteiger charge is -2.07. The van der Waals surface area contributed by atoms with E-state index in [-0.39, 0.29) is 36.2 Å². The monoisotopic (exact) mass is 641 g/mol. The van der Waals surface area contributed by atoms with Gasteiger partial charge in [0.25, 0.3) is 11.4 Å². The van der Waals surface area contributed by atoms with Gasteiger partial charge in [-0.3, -0.25) is 20.2 Å². The summed E-state index contributed by atoms with van der Waals surface area (Å²) < 4.78 is 12.1. The standard InChI is InChI=1S/C12H11N3O2.C12H13N3.C6H4FNO2.2ClH/c1-9-3-2-8-13-12(9)14-10-4-6-11(7-5-10)15(16)17;1-9-3-2-8-14-12(9)15-11-6-4-10(13)5-7-11;7-5-1-3-6(4-2-5)8(9)10;;/h2-8H,1H3,(H,13,14);2-8H,13H2,1H3,(H,14,15);1-4H;2*1H. The van der Waals surface area contributed by atoms with E-state index in [0.717, 1.165) is 64.1 Å². The van der Waals surface area contributed by atoms with Gasteiger partial charge in [0.15, 0.2) is 0 Å². The number of nitro benzene ring substituents is 2. The van der Waals surface area contributed by atoms with Gasteiger partial charge in [-0.05, 0) is 85.6 Å². The molecule has 44 heavy (non-hydrogen) atoms. The van der Waals surface area contributed by atoms with Crippen LogP contribution in [-0.4, -0.2) is 19.8 Å². The number of nitrogens with two attached hydrogens (primary N) is 1. The van der Waals surface area contributed by atoms with Crippen LogP contribution in [0.1, 0.15) is 11.1 Å². The van der Waals surface area contributed by atoms with Crippen molar-refractivity contribution < 1.29 is 14.2 Å². The van der Waals surface area contributed by atoms with Crippen LogP contribution in [0, 0.1) is 39.9 Å². The molecule has 0 aliphatic heterocycles. The molecule has 0 saturated carbocycles. The second-order valence-electron chi connectivity index (χ2n) is 8.75. The molecule has 0 saturated heterocycles. The molecule has 0 atom stereocenters. The molecule has 5 rings (SSSR count). The number of anilines is 5. The number of pyridine rings is 2. The fraction of sp³-hybridized carbons (Fsp3) is 0.0667. The van der Waals surface area contributed by atoms with Crippen molar-refractivity contribution in [1.82, 2.24) is 9.97 Å². The molecule has 0 spiro atoms. The lowest BCUT2D eigenvalue weighted by molar-refractivity contribution is -0.385. The number of benzene rings is 3. The Bertz CT molecular complexity index is 1630. The van der Waals surface area contributed by atoms with Crippen LogP contribution in [0.5, 0.6) is 0 Å². The minimum absolute atomic E-state index is 0. The van der Waals surface area contributed by atoms with Gasteiger partial charge >= 0.3 is 0 Å². The molecule has 2 aromatic heterocycles. The highest BCUT2D eigenvalue weighted by molar-refractivity contribution is 5.85. The summed E-state index contributed by atoms with van der Waals surface area (Å²) in [5.74, 6) is 1.16. The van der Waals surface area contributed by atoms with E-state index < -0.39 is 15.7 Å². The number of non-ortho nitro benzene ring substituents is 2. The summed E-state index contributed by atoms with van der Waals surface area (Å²) in [6, 6.07) is 25.9. The number of aromatic nitrogens is 2. The Morgan fingerprint density at radius 1 is 0.636 bits per heavy atom. The predicted molar refractivity (Wildman–Crippen MR) is 176 cm³/mol. The normalized spacial score (nSPS) is 9.34. The molecule has 2 heterocycles. The summed E-state index contributed by atoms with van der Waals surface area (Å²) in [5.41, 5.74) is 10.3. The first-order valence-electron chi connectivity index (χ1n) is 12.5. The van der Waals surface area contributed by atoms with Gasteiger partial charge in [0.1, 0.15) is 17.5 Å². The van der Waals surface area contributed by atoms with Gasteiger partial charge in [-0.2, -0.15) is 0 Å². The van der Waals surface area contributed by atoms with Crippen molar-refractivity contribution in [2.24, 2.45) is 0 Å². The third-order valence-electron chi connectivity index (χ3n) is 5.57. The second-order valence-corrected chi connectivity index (χ2v) is 8.75. The average molecular weight is 643 g/mol. The SMILES string of the molecule is Cc1cccnc1Nc1ccc(N)cc1.Cc1cccnc1Nc1ccc([N+](=O)[O-])cc1.Cl.Cl.O=[N+]([O-])c1ccc(F)cc1. The smallest absolute Gasteiger partial charge is 0.269 e. The van der Waals surface area contributed by atoms with Crippen molar-refractivity contribution in [2.45, 2.75) is 13.8 Å². The molecule has 4 N–H and O–H groups in total. The van der Waals surface area contributed by atoms with Gasteiger partial charge in [-0.25, -0.2) is 14.4 Å². The number of nitrogen functional groups attached to an aromatic ring is 1. The molecule has 0 aliphatic carbocycles. The van der Waals surface area contributed by atoms with Crippen molar-refractivity contribution in [2.75, 3.05) is 16.4 Å². The van der Waals surface area contributed by atoms with Crippen LogP contribution in [0.2, 0.25) is 0 Å². The van der Waals surface area contributed by atoms with E-state index in [1.54, 1.807) is 24.5 Å². The van der Waals surface area contributed by atoms with Crippen molar-refractivity contribution in [3.8, 4) is 0 Å². The van der Waals surface area contributed by atoms with Crippen molar-refractivity contribution >= 4 is 64.9 Å². The Kier molecular flexibility index (Phi) is 15.2. The number of nitrogens with one attached hydrogen (secondary N) is 2. The molecule has 11 nitrogen and oxygen atoms in total. The summed E-state index contributed by atoms with van der Waals surface area (Å²) in [6.07, 6.45) is 3.47. The van der Waals surface area contributed by atoms with Crippen molar-refractivity contribution in [3.05, 3.63) is 147 Å². The summed E-state index contributed by atoms with van der Waals surface area (Å²) in [5, 5.41) is 26.8. The lowest BCUT2D eigenvalue weighted by Crippen LogP contribution is -1.96. The Morgan fingerprint density at radius 2 is 1.00 bits per heavy atom. The molecule has 3 aromatic carbocycles. The molecule has 0 fully saturated rings. The summed E-state index contributed by atoms with van der Waals surface area (Å²) in [4.78, 5) is 27.9. The van der Waals surface area contributed by atoms with E-state index in [9.17, 15) is 24.6 Å². The largest absolute Gasteiger partial charge is 0.399 e. The first kappa shape index (κ1) is 36.7. The molecular weight excluding hydrogens is 612 g/mol. The van der Waals surface area contributed by atoms with Crippen LogP contribution >= 0.6 is 24.8 Å². The molecule has 0 aliphatic rings. The van der Waals surface area contributed by atoms with Crippen LogP contribution in [0.25, 0.3) is 0 Å². The molecule has 0 unspecified atom stereocenters. The van der Waals surface area contributed by atoms with Gasteiger partial charge < -0.3 is 16.4 Å². The number of hydrogen-bond donors (Lipinski definition) is 3. The third kappa shape index (κ3) is 11.9. The maximum Gasteiger partial charge on any atom is 0.269 e. The highest BCUT2D eigenvalue weighted by Gasteiger charge is 2.05. The Hall–Kier alpha value is -5.33. The quantitative estimate of drug-likeness (QED) is 0.0939. The minimum Gasteiger partial charge on any atom is -0.399 e. The summed E-state index contributed by atoms with van der Waals surface area (Å²) in [7, 11) is 0. The van der Waals surface area contributed by atoms with Gasteiger partial charge in [-0.15, -0.1) is 24.8 Å². The maximum absolute atomic E-state index is 12.1. The Balaban J connectivity index is 0.000000333. The first-order chi connectivity index (χ1) is 20.1. The van der Waals surface area contributed by atoms with Gasteiger partial charge in [0.05, 0.1) is 9.85 Å². The van der Waals surface area contributed by atoms with Crippen LogP contribution in [0.4, 0.5) is 44.5 Å². The number of halogens is 3. The predicted octanol–water partition coefficient (Wildman–Crippen LogP) is 8.34. The second kappa shape index (κ2) is 18.3.